The zero-order valence-corrected chi connectivity index (χ0v) is 16.2. The fraction of sp³-hybridized carbons (Fsp3) is 0.647. The SMILES string of the molecule is CC(CN1CCCC1=O)Nc1ccc(S(=O)(=O)N2CCN(C)CC2)cn1. The van der Waals surface area contributed by atoms with Gasteiger partial charge in [0.25, 0.3) is 0 Å². The molecule has 0 aromatic carbocycles. The lowest BCUT2D eigenvalue weighted by Crippen LogP contribution is -2.47. The Bertz CT molecular complexity index is 729. The van der Waals surface area contributed by atoms with Gasteiger partial charge in [-0.25, -0.2) is 13.4 Å². The maximum Gasteiger partial charge on any atom is 0.244 e. The summed E-state index contributed by atoms with van der Waals surface area (Å²) < 4.78 is 26.9. The molecule has 2 aliphatic heterocycles. The first kappa shape index (κ1) is 19.1. The molecule has 0 spiro atoms. The molecule has 2 fully saturated rings. The van der Waals surface area contributed by atoms with E-state index in [9.17, 15) is 13.2 Å². The molecule has 144 valence electrons. The van der Waals surface area contributed by atoms with Crippen LogP contribution in [-0.2, 0) is 14.8 Å². The van der Waals surface area contributed by atoms with Crippen LogP contribution in [0, 0.1) is 0 Å². The molecule has 0 saturated carbocycles. The average Bonchev–Trinajstić information content (AvgIpc) is 3.00. The molecule has 3 rings (SSSR count). The van der Waals surface area contributed by atoms with Crippen molar-refractivity contribution in [2.45, 2.75) is 30.7 Å². The predicted octanol–water partition coefficient (Wildman–Crippen LogP) is 0.441. The smallest absolute Gasteiger partial charge is 0.244 e. The Hall–Kier alpha value is -1.71. The van der Waals surface area contributed by atoms with Crippen molar-refractivity contribution in [3.05, 3.63) is 18.3 Å². The maximum atomic E-state index is 12.7. The van der Waals surface area contributed by atoms with Gasteiger partial charge in [0.2, 0.25) is 15.9 Å². The Morgan fingerprint density at radius 3 is 2.50 bits per heavy atom. The van der Waals surface area contributed by atoms with Gasteiger partial charge in [-0.3, -0.25) is 4.79 Å². The van der Waals surface area contributed by atoms with Gasteiger partial charge in [0.15, 0.2) is 0 Å². The van der Waals surface area contributed by atoms with Crippen LogP contribution in [0.5, 0.6) is 0 Å². The van der Waals surface area contributed by atoms with Gasteiger partial charge in [-0.1, -0.05) is 0 Å². The third-order valence-corrected chi connectivity index (χ3v) is 6.78. The third-order valence-electron chi connectivity index (χ3n) is 4.90. The van der Waals surface area contributed by atoms with E-state index in [4.69, 9.17) is 0 Å². The minimum Gasteiger partial charge on any atom is -0.366 e. The number of likely N-dealkylation sites (N-methyl/N-ethyl adjacent to an activating group) is 1. The van der Waals surface area contributed by atoms with Crippen LogP contribution in [0.1, 0.15) is 19.8 Å². The minimum absolute atomic E-state index is 0.0460. The van der Waals surface area contributed by atoms with Crippen LogP contribution >= 0.6 is 0 Å². The summed E-state index contributed by atoms with van der Waals surface area (Å²) in [7, 11) is -1.50. The quantitative estimate of drug-likeness (QED) is 0.770. The Kier molecular flexibility index (Phi) is 5.79. The molecule has 1 unspecified atom stereocenters. The van der Waals surface area contributed by atoms with Crippen LogP contribution in [0.4, 0.5) is 5.82 Å². The molecule has 9 heteroatoms. The molecule has 0 bridgehead atoms. The van der Waals surface area contributed by atoms with E-state index in [0.29, 0.717) is 31.9 Å². The zero-order valence-electron chi connectivity index (χ0n) is 15.4. The Morgan fingerprint density at radius 1 is 1.19 bits per heavy atom. The van der Waals surface area contributed by atoms with Gasteiger partial charge in [-0.05, 0) is 32.5 Å². The van der Waals surface area contributed by atoms with Crippen molar-refractivity contribution in [1.29, 1.82) is 0 Å². The van der Waals surface area contributed by atoms with E-state index in [1.54, 1.807) is 12.1 Å². The number of pyridine rings is 1. The van der Waals surface area contributed by atoms with Gasteiger partial charge in [0.05, 0.1) is 0 Å². The number of carbonyl (C=O) groups excluding carboxylic acids is 1. The van der Waals surface area contributed by atoms with Crippen LogP contribution in [0.25, 0.3) is 0 Å². The molecule has 1 aromatic heterocycles. The van der Waals surface area contributed by atoms with E-state index in [0.717, 1.165) is 26.1 Å². The van der Waals surface area contributed by atoms with E-state index in [1.165, 1.54) is 10.5 Å². The average molecular weight is 382 g/mol. The Balaban J connectivity index is 1.60. The normalized spacial score (nSPS) is 21.2. The summed E-state index contributed by atoms with van der Waals surface area (Å²) in [5, 5.41) is 3.23. The van der Waals surface area contributed by atoms with Gasteiger partial charge in [0, 0.05) is 57.9 Å². The van der Waals surface area contributed by atoms with Crippen molar-refractivity contribution in [3.8, 4) is 0 Å². The minimum atomic E-state index is -3.49. The van der Waals surface area contributed by atoms with Crippen LogP contribution < -0.4 is 5.32 Å². The lowest BCUT2D eigenvalue weighted by atomic mass is 10.3. The highest BCUT2D eigenvalue weighted by molar-refractivity contribution is 7.89. The van der Waals surface area contributed by atoms with Crippen molar-refractivity contribution in [2.75, 3.05) is 51.6 Å². The molecule has 26 heavy (non-hydrogen) atoms. The molecule has 1 aromatic rings. The first-order chi connectivity index (χ1) is 12.4. The number of anilines is 1. The molecule has 0 radical (unpaired) electrons. The predicted molar refractivity (Wildman–Crippen MR) is 99.4 cm³/mol. The van der Waals surface area contributed by atoms with E-state index in [1.807, 2.05) is 18.9 Å². The van der Waals surface area contributed by atoms with Gasteiger partial charge in [0.1, 0.15) is 10.7 Å². The van der Waals surface area contributed by atoms with E-state index < -0.39 is 10.0 Å². The lowest BCUT2D eigenvalue weighted by molar-refractivity contribution is -0.127. The maximum absolute atomic E-state index is 12.7. The summed E-state index contributed by atoms with van der Waals surface area (Å²) >= 11 is 0. The number of nitrogens with one attached hydrogen (secondary N) is 1. The van der Waals surface area contributed by atoms with Gasteiger partial charge in [-0.2, -0.15) is 4.31 Å². The highest BCUT2D eigenvalue weighted by Crippen LogP contribution is 2.18. The van der Waals surface area contributed by atoms with Crippen LogP contribution in [-0.4, -0.2) is 85.8 Å². The van der Waals surface area contributed by atoms with Gasteiger partial charge >= 0.3 is 0 Å². The summed E-state index contributed by atoms with van der Waals surface area (Å²) in [6.07, 6.45) is 2.95. The summed E-state index contributed by atoms with van der Waals surface area (Å²) in [5.74, 6) is 0.807. The van der Waals surface area contributed by atoms with E-state index in [-0.39, 0.29) is 16.8 Å². The second-order valence-electron chi connectivity index (χ2n) is 7.08. The molecule has 1 amide bonds. The van der Waals surface area contributed by atoms with Crippen LogP contribution in [0.2, 0.25) is 0 Å². The molecule has 1 atom stereocenters. The van der Waals surface area contributed by atoms with Crippen molar-refractivity contribution in [3.63, 3.8) is 0 Å². The number of likely N-dealkylation sites (tertiary alicyclic amines) is 1. The number of nitrogens with zero attached hydrogens (tertiary/aromatic N) is 4. The molecular formula is C17H27N5O3S. The molecule has 1 N–H and O–H groups in total. The summed E-state index contributed by atoms with van der Waals surface area (Å²) in [4.78, 5) is 20.1. The van der Waals surface area contributed by atoms with E-state index in [2.05, 4.69) is 15.2 Å². The first-order valence-corrected chi connectivity index (χ1v) is 10.5. The highest BCUT2D eigenvalue weighted by Gasteiger charge is 2.28. The number of carbonyl (C=O) groups is 1. The topological polar surface area (TPSA) is 85.8 Å². The fourth-order valence-corrected chi connectivity index (χ4v) is 4.69. The molecular weight excluding hydrogens is 354 g/mol. The molecule has 8 nitrogen and oxygen atoms in total. The molecule has 3 heterocycles. The van der Waals surface area contributed by atoms with Crippen molar-refractivity contribution in [2.24, 2.45) is 0 Å². The zero-order chi connectivity index (χ0) is 18.7. The monoisotopic (exact) mass is 381 g/mol. The lowest BCUT2D eigenvalue weighted by Gasteiger charge is -2.31. The van der Waals surface area contributed by atoms with Crippen LogP contribution in [0.15, 0.2) is 23.2 Å². The molecule has 0 aliphatic carbocycles. The number of aromatic nitrogens is 1. The largest absolute Gasteiger partial charge is 0.366 e. The first-order valence-electron chi connectivity index (χ1n) is 9.05. The Labute approximate surface area is 155 Å². The van der Waals surface area contributed by atoms with Crippen molar-refractivity contribution >= 4 is 21.7 Å². The standard InChI is InChI=1S/C17H27N5O3S/c1-14(13-21-7-3-4-17(21)23)19-16-6-5-15(12-18-16)26(24,25)22-10-8-20(2)9-11-22/h5-6,12,14H,3-4,7-11,13H2,1-2H3,(H,18,19). The van der Waals surface area contributed by atoms with E-state index >= 15 is 0 Å². The summed E-state index contributed by atoms with van der Waals surface area (Å²) in [6.45, 7) is 5.89. The van der Waals surface area contributed by atoms with Gasteiger partial charge < -0.3 is 15.1 Å². The number of rotatable bonds is 6. The fourth-order valence-electron chi connectivity index (χ4n) is 3.32. The second kappa shape index (κ2) is 7.89. The second-order valence-corrected chi connectivity index (χ2v) is 9.01. The summed E-state index contributed by atoms with van der Waals surface area (Å²) in [5.41, 5.74) is 0. The number of amides is 1. The number of hydrogen-bond donors (Lipinski definition) is 1. The van der Waals surface area contributed by atoms with Crippen molar-refractivity contribution in [1.82, 2.24) is 19.1 Å². The highest BCUT2D eigenvalue weighted by atomic mass is 32.2. The molecule has 2 saturated heterocycles. The Morgan fingerprint density at radius 2 is 1.92 bits per heavy atom. The van der Waals surface area contributed by atoms with Crippen LogP contribution in [0.3, 0.4) is 0 Å². The summed E-state index contributed by atoms with van der Waals surface area (Å²) in [6, 6.07) is 3.33. The van der Waals surface area contributed by atoms with Crippen molar-refractivity contribution < 1.29 is 13.2 Å². The number of sulfonamides is 1. The molecule has 2 aliphatic rings. The number of hydrogen-bond acceptors (Lipinski definition) is 6. The van der Waals surface area contributed by atoms with Gasteiger partial charge in [-0.15, -0.1) is 0 Å². The number of piperazine rings is 1. The third kappa shape index (κ3) is 4.33.